The third kappa shape index (κ3) is 5.74. The van der Waals surface area contributed by atoms with Crippen LogP contribution in [0.5, 0.6) is 5.75 Å². The van der Waals surface area contributed by atoms with E-state index in [9.17, 15) is 14.7 Å². The summed E-state index contributed by atoms with van der Waals surface area (Å²) in [5.74, 6) is -0.321. The Morgan fingerprint density at radius 2 is 1.69 bits per heavy atom. The molecule has 0 aliphatic carbocycles. The Morgan fingerprint density at radius 1 is 1.03 bits per heavy atom. The van der Waals surface area contributed by atoms with Gasteiger partial charge >= 0.3 is 0 Å². The number of ketones is 1. The van der Waals surface area contributed by atoms with Crippen molar-refractivity contribution in [1.82, 2.24) is 9.80 Å². The Hall–Kier alpha value is -3.16. The van der Waals surface area contributed by atoms with Gasteiger partial charge in [0.25, 0.3) is 11.7 Å². The number of likely N-dealkylation sites (tertiary alicyclic amines) is 1. The van der Waals surface area contributed by atoms with Gasteiger partial charge in [0.05, 0.1) is 31.4 Å². The van der Waals surface area contributed by atoms with E-state index in [4.69, 9.17) is 9.47 Å². The number of amides is 1. The van der Waals surface area contributed by atoms with Crippen molar-refractivity contribution in [3.05, 3.63) is 70.8 Å². The van der Waals surface area contributed by atoms with Crippen LogP contribution in [0.25, 0.3) is 5.76 Å². The Kier molecular flexibility index (Phi) is 7.88. The van der Waals surface area contributed by atoms with Crippen molar-refractivity contribution in [3.8, 4) is 5.75 Å². The van der Waals surface area contributed by atoms with Gasteiger partial charge in [0.2, 0.25) is 0 Å². The molecular weight excluding hydrogens is 444 g/mol. The topological polar surface area (TPSA) is 79.3 Å². The summed E-state index contributed by atoms with van der Waals surface area (Å²) in [7, 11) is 0. The molecule has 186 valence electrons. The van der Waals surface area contributed by atoms with Crippen molar-refractivity contribution < 1.29 is 24.2 Å². The standard InChI is InChI=1S/C28H34N2O5/c1-19(2)18-35-23-10-8-22(9-11-23)26(31)24-25(21-6-4-20(3)5-7-21)30(28(33)27(24)32)13-12-29-14-16-34-17-15-29/h4-11,19,25,31H,12-18H2,1-3H3/b26-24+/t25-/m0/s1. The molecule has 2 aliphatic rings. The van der Waals surface area contributed by atoms with Crippen LogP contribution in [0.4, 0.5) is 0 Å². The normalized spacial score (nSPS) is 20.6. The molecule has 0 unspecified atom stereocenters. The summed E-state index contributed by atoms with van der Waals surface area (Å²) in [4.78, 5) is 30.2. The van der Waals surface area contributed by atoms with Crippen molar-refractivity contribution in [2.45, 2.75) is 26.8 Å². The Morgan fingerprint density at radius 3 is 2.31 bits per heavy atom. The number of benzene rings is 2. The van der Waals surface area contributed by atoms with E-state index in [2.05, 4.69) is 18.7 Å². The van der Waals surface area contributed by atoms with E-state index in [-0.39, 0.29) is 11.3 Å². The molecule has 0 bridgehead atoms. The first kappa shape index (κ1) is 24.9. The molecule has 0 spiro atoms. The number of ether oxygens (including phenoxy) is 2. The van der Waals surface area contributed by atoms with Crippen molar-refractivity contribution in [2.24, 2.45) is 5.92 Å². The highest BCUT2D eigenvalue weighted by molar-refractivity contribution is 6.46. The Labute approximate surface area is 206 Å². The van der Waals surface area contributed by atoms with Crippen LogP contribution in [-0.2, 0) is 14.3 Å². The highest BCUT2D eigenvalue weighted by atomic mass is 16.5. The molecule has 0 radical (unpaired) electrons. The SMILES string of the molecule is Cc1ccc([C@H]2/C(=C(\O)c3ccc(OCC(C)C)cc3)C(=O)C(=O)N2CCN2CCOCC2)cc1. The minimum absolute atomic E-state index is 0.122. The van der Waals surface area contributed by atoms with Gasteiger partial charge in [-0.1, -0.05) is 43.7 Å². The molecule has 7 heteroatoms. The molecule has 0 saturated carbocycles. The number of morpholine rings is 1. The van der Waals surface area contributed by atoms with Gasteiger partial charge in [-0.2, -0.15) is 0 Å². The van der Waals surface area contributed by atoms with Crippen LogP contribution in [0.15, 0.2) is 54.1 Å². The number of hydrogen-bond donors (Lipinski definition) is 1. The first-order valence-electron chi connectivity index (χ1n) is 12.2. The number of aliphatic hydroxyl groups excluding tert-OH is 1. The molecule has 1 atom stereocenters. The zero-order chi connectivity index (χ0) is 24.9. The second-order valence-corrected chi connectivity index (χ2v) is 9.59. The molecule has 2 heterocycles. The summed E-state index contributed by atoms with van der Waals surface area (Å²) in [6.45, 7) is 10.7. The quantitative estimate of drug-likeness (QED) is 0.353. The van der Waals surface area contributed by atoms with E-state index in [1.165, 1.54) is 0 Å². The molecule has 2 aliphatic heterocycles. The van der Waals surface area contributed by atoms with Gasteiger partial charge in [0.1, 0.15) is 11.5 Å². The minimum Gasteiger partial charge on any atom is -0.507 e. The minimum atomic E-state index is -0.657. The lowest BCUT2D eigenvalue weighted by molar-refractivity contribution is -0.140. The lowest BCUT2D eigenvalue weighted by Gasteiger charge is -2.31. The smallest absolute Gasteiger partial charge is 0.295 e. The molecular formula is C28H34N2O5. The van der Waals surface area contributed by atoms with Gasteiger partial charge in [-0.25, -0.2) is 0 Å². The molecule has 2 saturated heterocycles. The average Bonchev–Trinajstić information content (AvgIpc) is 3.12. The van der Waals surface area contributed by atoms with Gasteiger partial charge in [-0.05, 0) is 42.7 Å². The molecule has 2 aromatic carbocycles. The van der Waals surface area contributed by atoms with Crippen LogP contribution in [0.3, 0.4) is 0 Å². The predicted octanol–water partition coefficient (Wildman–Crippen LogP) is 3.78. The summed E-state index contributed by atoms with van der Waals surface area (Å²) in [5.41, 5.74) is 2.48. The maximum absolute atomic E-state index is 13.2. The summed E-state index contributed by atoms with van der Waals surface area (Å²) >= 11 is 0. The van der Waals surface area contributed by atoms with Crippen LogP contribution in [0.2, 0.25) is 0 Å². The highest BCUT2D eigenvalue weighted by Gasteiger charge is 2.46. The highest BCUT2D eigenvalue weighted by Crippen LogP contribution is 2.39. The number of aliphatic hydroxyl groups is 1. The van der Waals surface area contributed by atoms with Crippen LogP contribution in [0, 0.1) is 12.8 Å². The van der Waals surface area contributed by atoms with Crippen molar-refractivity contribution >= 4 is 17.4 Å². The monoisotopic (exact) mass is 478 g/mol. The third-order valence-corrected chi connectivity index (χ3v) is 6.40. The van der Waals surface area contributed by atoms with E-state index in [0.717, 1.165) is 24.2 Å². The maximum Gasteiger partial charge on any atom is 0.295 e. The van der Waals surface area contributed by atoms with E-state index in [0.29, 0.717) is 50.1 Å². The molecule has 2 aromatic rings. The van der Waals surface area contributed by atoms with Crippen molar-refractivity contribution in [1.29, 1.82) is 0 Å². The lowest BCUT2D eigenvalue weighted by atomic mass is 9.94. The second kappa shape index (κ2) is 11.1. The molecule has 0 aromatic heterocycles. The van der Waals surface area contributed by atoms with E-state index in [1.807, 2.05) is 31.2 Å². The second-order valence-electron chi connectivity index (χ2n) is 9.59. The number of rotatable bonds is 8. The molecule has 4 rings (SSSR count). The van der Waals surface area contributed by atoms with Gasteiger partial charge in [-0.15, -0.1) is 0 Å². The van der Waals surface area contributed by atoms with Crippen molar-refractivity contribution in [3.63, 3.8) is 0 Å². The van der Waals surface area contributed by atoms with E-state index >= 15 is 0 Å². The first-order chi connectivity index (χ1) is 16.8. The largest absolute Gasteiger partial charge is 0.507 e. The number of Topliss-reactive ketones (excluding diaryl/α,β-unsaturated/α-hetero) is 1. The van der Waals surface area contributed by atoms with Gasteiger partial charge in [0, 0.05) is 31.7 Å². The average molecular weight is 479 g/mol. The number of carbonyl (C=O) groups is 2. The van der Waals surface area contributed by atoms with Crippen molar-refractivity contribution in [2.75, 3.05) is 46.0 Å². The maximum atomic E-state index is 13.2. The summed E-state index contributed by atoms with van der Waals surface area (Å²) in [6.07, 6.45) is 0. The van der Waals surface area contributed by atoms with Crippen LogP contribution in [0.1, 0.15) is 36.6 Å². The zero-order valence-corrected chi connectivity index (χ0v) is 20.7. The molecule has 2 fully saturated rings. The zero-order valence-electron chi connectivity index (χ0n) is 20.7. The summed E-state index contributed by atoms with van der Waals surface area (Å²) in [6, 6.07) is 14.1. The van der Waals surface area contributed by atoms with E-state index in [1.54, 1.807) is 29.2 Å². The summed E-state index contributed by atoms with van der Waals surface area (Å²) in [5, 5.41) is 11.3. The van der Waals surface area contributed by atoms with Crippen LogP contribution >= 0.6 is 0 Å². The third-order valence-electron chi connectivity index (χ3n) is 6.40. The number of nitrogens with zero attached hydrogens (tertiary/aromatic N) is 2. The van der Waals surface area contributed by atoms with Crippen LogP contribution in [-0.4, -0.2) is 72.6 Å². The molecule has 35 heavy (non-hydrogen) atoms. The molecule has 7 nitrogen and oxygen atoms in total. The fourth-order valence-electron chi connectivity index (χ4n) is 4.41. The predicted molar refractivity (Wildman–Crippen MR) is 134 cm³/mol. The Balaban J connectivity index is 1.66. The molecule has 1 N–H and O–H groups in total. The number of aryl methyl sites for hydroxylation is 1. The fraction of sp³-hybridized carbons (Fsp3) is 0.429. The van der Waals surface area contributed by atoms with Gasteiger partial charge < -0.3 is 19.5 Å². The first-order valence-corrected chi connectivity index (χ1v) is 12.2. The lowest BCUT2D eigenvalue weighted by Crippen LogP contribution is -2.42. The van der Waals surface area contributed by atoms with Gasteiger partial charge in [-0.3, -0.25) is 14.5 Å². The van der Waals surface area contributed by atoms with Crippen LogP contribution < -0.4 is 4.74 Å². The Bertz CT molecular complexity index is 1070. The number of hydrogen-bond acceptors (Lipinski definition) is 6. The molecule has 1 amide bonds. The van der Waals surface area contributed by atoms with Gasteiger partial charge in [0.15, 0.2) is 0 Å². The number of carbonyl (C=O) groups excluding carboxylic acids is 2. The van der Waals surface area contributed by atoms with E-state index < -0.39 is 17.7 Å². The summed E-state index contributed by atoms with van der Waals surface area (Å²) < 4.78 is 11.2. The fourth-order valence-corrected chi connectivity index (χ4v) is 4.41.